The van der Waals surface area contributed by atoms with Crippen molar-refractivity contribution >= 4 is 21.6 Å². The molecule has 0 amide bonds. The van der Waals surface area contributed by atoms with Crippen molar-refractivity contribution in [1.82, 2.24) is 25.2 Å². The first-order chi connectivity index (χ1) is 18.1. The van der Waals surface area contributed by atoms with Crippen LogP contribution in [0.4, 0.5) is 0 Å². The summed E-state index contributed by atoms with van der Waals surface area (Å²) in [4.78, 5) is 16.8. The highest BCUT2D eigenvalue weighted by atomic mass is 32.1. The molecule has 4 heterocycles. The molecule has 0 saturated carbocycles. The molecule has 1 aliphatic rings. The maximum Gasteiger partial charge on any atom is 0.162 e. The van der Waals surface area contributed by atoms with Gasteiger partial charge in [-0.05, 0) is 48.5 Å². The Morgan fingerprint density at radius 1 is 0.865 bits per heavy atom. The van der Waals surface area contributed by atoms with Crippen molar-refractivity contribution < 1.29 is 9.84 Å². The van der Waals surface area contributed by atoms with Crippen LogP contribution in [-0.4, -0.2) is 32.1 Å². The normalized spacial score (nSPS) is 14.2. The van der Waals surface area contributed by atoms with E-state index >= 15 is 0 Å². The Morgan fingerprint density at radius 3 is 2.22 bits per heavy atom. The predicted molar refractivity (Wildman–Crippen MR) is 145 cm³/mol. The molecular formula is C29H27N5O2S. The number of hydrogen-bond donors (Lipinski definition) is 2. The number of methoxy groups -OCH3 is 1. The zero-order valence-electron chi connectivity index (χ0n) is 20.5. The molecule has 37 heavy (non-hydrogen) atoms. The lowest BCUT2D eigenvalue weighted by molar-refractivity contribution is 0.236. The van der Waals surface area contributed by atoms with Crippen molar-refractivity contribution in [2.24, 2.45) is 0 Å². The van der Waals surface area contributed by atoms with Crippen LogP contribution in [-0.2, 0) is 32.7 Å². The van der Waals surface area contributed by atoms with Crippen molar-refractivity contribution in [2.75, 3.05) is 7.11 Å². The molecule has 5 aromatic rings. The number of para-hydroxylation sites is 1. The van der Waals surface area contributed by atoms with Crippen LogP contribution in [0.5, 0.6) is 11.5 Å². The van der Waals surface area contributed by atoms with Crippen molar-refractivity contribution in [3.05, 3.63) is 101 Å². The van der Waals surface area contributed by atoms with Crippen LogP contribution in [0.1, 0.15) is 28.3 Å². The third kappa shape index (κ3) is 5.17. The molecule has 2 aromatic carbocycles. The minimum atomic E-state index is 0.145. The zero-order valence-corrected chi connectivity index (χ0v) is 21.3. The number of nitrogens with zero attached hydrogens (tertiary/aromatic N) is 4. The van der Waals surface area contributed by atoms with E-state index in [4.69, 9.17) is 19.7 Å². The molecule has 0 fully saturated rings. The Balaban J connectivity index is 1.38. The molecule has 0 radical (unpaired) electrons. The van der Waals surface area contributed by atoms with E-state index in [1.807, 2.05) is 54.6 Å². The minimum Gasteiger partial charge on any atom is -0.504 e. The van der Waals surface area contributed by atoms with Gasteiger partial charge in [0.1, 0.15) is 5.01 Å². The molecule has 2 N–H and O–H groups in total. The van der Waals surface area contributed by atoms with Crippen LogP contribution < -0.4 is 10.1 Å². The highest BCUT2D eigenvalue weighted by Gasteiger charge is 2.19. The number of aromatic nitrogens is 3. The van der Waals surface area contributed by atoms with Gasteiger partial charge < -0.3 is 15.2 Å². The summed E-state index contributed by atoms with van der Waals surface area (Å²) in [5, 5.41) is 15.4. The summed E-state index contributed by atoms with van der Waals surface area (Å²) in [6.07, 6.45) is 0. The average molecular weight is 510 g/mol. The molecule has 6 rings (SSSR count). The number of rotatable bonds is 4. The summed E-state index contributed by atoms with van der Waals surface area (Å²) in [6.45, 7) is 3.10. The van der Waals surface area contributed by atoms with E-state index in [0.29, 0.717) is 38.5 Å². The van der Waals surface area contributed by atoms with Gasteiger partial charge in [0, 0.05) is 43.9 Å². The number of pyridine rings is 2. The van der Waals surface area contributed by atoms with Gasteiger partial charge in [0.15, 0.2) is 11.5 Å². The van der Waals surface area contributed by atoms with Crippen LogP contribution in [0.25, 0.3) is 20.8 Å². The summed E-state index contributed by atoms with van der Waals surface area (Å²) in [5.41, 5.74) is 6.61. The molecule has 0 aliphatic carbocycles. The standard InChI is InChI=1S/C29H27N5O2S/c1-36-26-13-19(29-33-25-10-2-3-11-27(25)37-29)12-20(28(26)35)16-34-17-23-8-4-6-21(31-23)14-30-15-22-7-5-9-24(18-34)32-22/h2-13,30,35H,14-18H2,1H3. The van der Waals surface area contributed by atoms with Crippen molar-refractivity contribution in [3.63, 3.8) is 0 Å². The quantitative estimate of drug-likeness (QED) is 0.341. The number of aromatic hydroxyl groups is 1. The molecule has 1 aliphatic heterocycles. The monoisotopic (exact) mass is 509 g/mol. The van der Waals surface area contributed by atoms with E-state index in [9.17, 15) is 5.11 Å². The van der Waals surface area contributed by atoms with Gasteiger partial charge in [0.25, 0.3) is 0 Å². The first-order valence-electron chi connectivity index (χ1n) is 12.2. The largest absolute Gasteiger partial charge is 0.504 e. The summed E-state index contributed by atoms with van der Waals surface area (Å²) < 4.78 is 6.70. The van der Waals surface area contributed by atoms with Crippen LogP contribution in [0, 0.1) is 0 Å². The maximum absolute atomic E-state index is 11.1. The molecule has 7 nitrogen and oxygen atoms in total. The number of thiazole rings is 1. The van der Waals surface area contributed by atoms with E-state index in [2.05, 4.69) is 28.4 Å². The van der Waals surface area contributed by atoms with E-state index < -0.39 is 0 Å². The highest BCUT2D eigenvalue weighted by Crippen LogP contribution is 2.39. The zero-order chi connectivity index (χ0) is 25.2. The number of benzene rings is 2. The number of ether oxygens (including phenoxy) is 1. The third-order valence-corrected chi connectivity index (χ3v) is 7.51. The predicted octanol–water partition coefficient (Wildman–Crippen LogP) is 5.27. The van der Waals surface area contributed by atoms with Gasteiger partial charge in [-0.2, -0.15) is 0 Å². The van der Waals surface area contributed by atoms with Gasteiger partial charge in [-0.25, -0.2) is 4.98 Å². The molecule has 8 heteroatoms. The summed E-state index contributed by atoms with van der Waals surface area (Å²) in [7, 11) is 1.58. The fraction of sp³-hybridized carbons (Fsp3) is 0.207. The molecule has 0 spiro atoms. The van der Waals surface area contributed by atoms with Crippen LogP contribution in [0.15, 0.2) is 72.8 Å². The smallest absolute Gasteiger partial charge is 0.162 e. The van der Waals surface area contributed by atoms with Crippen molar-refractivity contribution in [3.8, 4) is 22.1 Å². The third-order valence-electron chi connectivity index (χ3n) is 6.42. The molecule has 0 atom stereocenters. The fourth-order valence-corrected chi connectivity index (χ4v) is 5.63. The molecule has 3 aromatic heterocycles. The summed E-state index contributed by atoms with van der Waals surface area (Å²) in [5.74, 6) is 0.582. The van der Waals surface area contributed by atoms with Gasteiger partial charge in [-0.15, -0.1) is 11.3 Å². The average Bonchev–Trinajstić information content (AvgIpc) is 3.34. The Kier molecular flexibility index (Phi) is 6.53. The fourth-order valence-electron chi connectivity index (χ4n) is 4.68. The van der Waals surface area contributed by atoms with Crippen LogP contribution >= 0.6 is 11.3 Å². The molecule has 4 bridgehead atoms. The Morgan fingerprint density at radius 2 is 1.54 bits per heavy atom. The second-order valence-electron chi connectivity index (χ2n) is 9.16. The number of nitrogens with one attached hydrogen (secondary N) is 1. The SMILES string of the molecule is COc1cc(-c2nc3ccccc3s2)cc(CN2Cc3cccc(n3)CNCc3cccc(n3)C2)c1O. The molecule has 186 valence electrons. The van der Waals surface area contributed by atoms with Gasteiger partial charge in [-0.1, -0.05) is 24.3 Å². The van der Waals surface area contributed by atoms with E-state index in [1.165, 1.54) is 0 Å². The number of phenolic OH excluding ortho intramolecular Hbond substituents is 1. The minimum absolute atomic E-state index is 0.145. The second-order valence-corrected chi connectivity index (χ2v) is 10.2. The number of hydrogen-bond acceptors (Lipinski definition) is 8. The van der Waals surface area contributed by atoms with Gasteiger partial charge in [0.2, 0.25) is 0 Å². The Bertz CT molecular complexity index is 1490. The van der Waals surface area contributed by atoms with E-state index in [-0.39, 0.29) is 5.75 Å². The van der Waals surface area contributed by atoms with Crippen molar-refractivity contribution in [2.45, 2.75) is 32.7 Å². The number of fused-ring (bicyclic) bond motifs is 5. The van der Waals surface area contributed by atoms with Crippen LogP contribution in [0.2, 0.25) is 0 Å². The summed E-state index contributed by atoms with van der Waals surface area (Å²) >= 11 is 1.63. The lowest BCUT2D eigenvalue weighted by Crippen LogP contribution is -2.25. The lowest BCUT2D eigenvalue weighted by atomic mass is 10.1. The lowest BCUT2D eigenvalue weighted by Gasteiger charge is -2.24. The second kappa shape index (κ2) is 10.3. The summed E-state index contributed by atoms with van der Waals surface area (Å²) in [6, 6.07) is 24.2. The van der Waals surface area contributed by atoms with E-state index in [1.54, 1.807) is 18.4 Å². The van der Waals surface area contributed by atoms with E-state index in [0.717, 1.165) is 49.1 Å². The molecular weight excluding hydrogens is 482 g/mol. The Labute approximate surface area is 219 Å². The van der Waals surface area contributed by atoms with Crippen molar-refractivity contribution in [1.29, 1.82) is 0 Å². The molecule has 0 saturated heterocycles. The first-order valence-corrected chi connectivity index (χ1v) is 13.0. The first kappa shape index (κ1) is 23.5. The maximum atomic E-state index is 11.1. The topological polar surface area (TPSA) is 83.4 Å². The van der Waals surface area contributed by atoms with Gasteiger partial charge >= 0.3 is 0 Å². The van der Waals surface area contributed by atoms with Gasteiger partial charge in [0.05, 0.1) is 40.1 Å². The highest BCUT2D eigenvalue weighted by molar-refractivity contribution is 7.21. The number of phenols is 1. The molecule has 0 unspecified atom stereocenters. The Hall–Kier alpha value is -3.85. The van der Waals surface area contributed by atoms with Gasteiger partial charge in [-0.3, -0.25) is 14.9 Å². The van der Waals surface area contributed by atoms with Crippen LogP contribution in [0.3, 0.4) is 0 Å².